The Balaban J connectivity index is 1.48. The smallest absolute Gasteiger partial charge is 0.245 e. The molecule has 30 heavy (non-hydrogen) atoms. The van der Waals surface area contributed by atoms with Gasteiger partial charge in [-0.25, -0.2) is 15.0 Å². The first-order valence-corrected chi connectivity index (χ1v) is 9.92. The molecule has 0 amide bonds. The minimum absolute atomic E-state index is 0.0223. The van der Waals surface area contributed by atoms with Gasteiger partial charge in [-0.15, -0.1) is 10.2 Å². The van der Waals surface area contributed by atoms with Crippen molar-refractivity contribution < 1.29 is 5.11 Å². The lowest BCUT2D eigenvalue weighted by Gasteiger charge is -2.35. The molecule has 1 fully saturated rings. The number of nitrogens with zero attached hydrogens (tertiary/aromatic N) is 7. The number of aromatic nitrogens is 6. The van der Waals surface area contributed by atoms with Crippen molar-refractivity contribution in [2.45, 2.75) is 26.8 Å². The first-order valence-electron chi connectivity index (χ1n) is 9.92. The van der Waals surface area contributed by atoms with Crippen LogP contribution in [0, 0.1) is 12.8 Å². The van der Waals surface area contributed by atoms with E-state index in [4.69, 9.17) is 0 Å². The topological polar surface area (TPSA) is 125 Å². The molecule has 0 aliphatic carbocycles. The summed E-state index contributed by atoms with van der Waals surface area (Å²) in [6.45, 7) is 8.81. The number of anilines is 3. The lowest BCUT2D eigenvalue weighted by Crippen LogP contribution is -2.53. The maximum absolute atomic E-state index is 10.4. The molecule has 0 aromatic carbocycles. The van der Waals surface area contributed by atoms with Gasteiger partial charge in [0.25, 0.3) is 0 Å². The maximum Gasteiger partial charge on any atom is 0.245 e. The highest BCUT2D eigenvalue weighted by molar-refractivity contribution is 5.66. The molecule has 4 heterocycles. The van der Waals surface area contributed by atoms with Gasteiger partial charge in [0.2, 0.25) is 5.95 Å². The van der Waals surface area contributed by atoms with Gasteiger partial charge in [0.1, 0.15) is 23.0 Å². The monoisotopic (exact) mass is 407 g/mol. The standard InChI is InChI=1S/C20H25N9O/c1-12(2)16-11-29(5-4-21-16)20-25-9-15(27-28-20)19-17(30)6-14(8-24-19)26-18-10-22-13(3)7-23-18/h6-10,12,16,21,30H,4-5,11H2,1-3H3,(H,23,26)/t16-/m1/s1. The van der Waals surface area contributed by atoms with Gasteiger partial charge in [-0.1, -0.05) is 13.8 Å². The van der Waals surface area contributed by atoms with Crippen LogP contribution in [0.2, 0.25) is 0 Å². The molecule has 0 radical (unpaired) electrons. The van der Waals surface area contributed by atoms with Gasteiger partial charge in [-0.3, -0.25) is 4.98 Å². The van der Waals surface area contributed by atoms with Crippen LogP contribution in [-0.2, 0) is 0 Å². The van der Waals surface area contributed by atoms with E-state index < -0.39 is 0 Å². The lowest BCUT2D eigenvalue weighted by molar-refractivity contribution is 0.365. The molecule has 1 aliphatic heterocycles. The van der Waals surface area contributed by atoms with Crippen LogP contribution in [-0.4, -0.2) is 60.9 Å². The van der Waals surface area contributed by atoms with Crippen molar-refractivity contribution in [1.82, 2.24) is 35.5 Å². The highest BCUT2D eigenvalue weighted by atomic mass is 16.3. The van der Waals surface area contributed by atoms with E-state index in [1.165, 1.54) is 0 Å². The SMILES string of the molecule is Cc1cnc(Nc2cnc(-c3cnc(N4CCN[C@@H](C(C)C)C4)nn3)c(O)c2)cn1. The van der Waals surface area contributed by atoms with Crippen molar-refractivity contribution in [3.8, 4) is 17.1 Å². The van der Waals surface area contributed by atoms with E-state index in [9.17, 15) is 5.11 Å². The van der Waals surface area contributed by atoms with Crippen LogP contribution in [0.5, 0.6) is 5.75 Å². The van der Waals surface area contributed by atoms with Crippen molar-refractivity contribution in [3.63, 3.8) is 0 Å². The molecular formula is C20H25N9O. The Morgan fingerprint density at radius 2 is 1.97 bits per heavy atom. The molecule has 4 rings (SSSR count). The third-order valence-electron chi connectivity index (χ3n) is 5.01. The Kier molecular flexibility index (Phi) is 5.66. The number of hydrogen-bond acceptors (Lipinski definition) is 10. The summed E-state index contributed by atoms with van der Waals surface area (Å²) >= 11 is 0. The Hall–Kier alpha value is -3.40. The van der Waals surface area contributed by atoms with Gasteiger partial charge in [0.15, 0.2) is 0 Å². The first kappa shape index (κ1) is 19.9. The minimum atomic E-state index is -0.0223. The molecule has 1 saturated heterocycles. The average Bonchev–Trinajstić information content (AvgIpc) is 2.76. The molecule has 3 aromatic heterocycles. The summed E-state index contributed by atoms with van der Waals surface area (Å²) in [5, 5.41) is 25.5. The Labute approximate surface area is 174 Å². The van der Waals surface area contributed by atoms with Crippen LogP contribution in [0.15, 0.2) is 30.9 Å². The van der Waals surface area contributed by atoms with Crippen molar-refractivity contribution in [1.29, 1.82) is 0 Å². The van der Waals surface area contributed by atoms with Crippen LogP contribution in [0.4, 0.5) is 17.5 Å². The zero-order valence-electron chi connectivity index (χ0n) is 17.2. The average molecular weight is 407 g/mol. The van der Waals surface area contributed by atoms with E-state index in [2.05, 4.69) is 59.5 Å². The maximum atomic E-state index is 10.4. The molecule has 1 aliphatic rings. The largest absolute Gasteiger partial charge is 0.506 e. The first-order chi connectivity index (χ1) is 14.5. The molecule has 10 nitrogen and oxygen atoms in total. The van der Waals surface area contributed by atoms with Gasteiger partial charge >= 0.3 is 0 Å². The number of nitrogens with one attached hydrogen (secondary N) is 2. The fourth-order valence-electron chi connectivity index (χ4n) is 3.25. The molecule has 3 aromatic rings. The highest BCUT2D eigenvalue weighted by Gasteiger charge is 2.24. The molecular weight excluding hydrogens is 382 g/mol. The van der Waals surface area contributed by atoms with E-state index in [0.29, 0.717) is 40.8 Å². The highest BCUT2D eigenvalue weighted by Crippen LogP contribution is 2.28. The number of hydrogen-bond donors (Lipinski definition) is 3. The number of aryl methyl sites for hydroxylation is 1. The minimum Gasteiger partial charge on any atom is -0.506 e. The normalized spacial score (nSPS) is 16.7. The third kappa shape index (κ3) is 4.43. The van der Waals surface area contributed by atoms with Gasteiger partial charge < -0.3 is 20.6 Å². The summed E-state index contributed by atoms with van der Waals surface area (Å²) in [5.41, 5.74) is 2.15. The van der Waals surface area contributed by atoms with Crippen LogP contribution in [0.3, 0.4) is 0 Å². The predicted octanol–water partition coefficient (Wildman–Crippen LogP) is 1.92. The summed E-state index contributed by atoms with van der Waals surface area (Å²) in [4.78, 5) is 19.3. The fourth-order valence-corrected chi connectivity index (χ4v) is 3.25. The molecule has 156 valence electrons. The van der Waals surface area contributed by atoms with E-state index in [0.717, 1.165) is 25.3 Å². The summed E-state index contributed by atoms with van der Waals surface area (Å²) in [6.07, 6.45) is 6.47. The van der Waals surface area contributed by atoms with Crippen molar-refractivity contribution in [2.24, 2.45) is 5.92 Å². The second-order valence-electron chi connectivity index (χ2n) is 7.65. The van der Waals surface area contributed by atoms with E-state index >= 15 is 0 Å². The zero-order chi connectivity index (χ0) is 21.1. The molecule has 10 heteroatoms. The summed E-state index contributed by atoms with van der Waals surface area (Å²) in [5.74, 6) is 1.66. The molecule has 0 unspecified atom stereocenters. The van der Waals surface area contributed by atoms with Crippen molar-refractivity contribution in [3.05, 3.63) is 36.5 Å². The molecule has 0 spiro atoms. The quantitative estimate of drug-likeness (QED) is 0.577. The van der Waals surface area contributed by atoms with Gasteiger partial charge in [0, 0.05) is 31.7 Å². The van der Waals surface area contributed by atoms with E-state index in [1.807, 2.05) is 6.92 Å². The number of rotatable bonds is 5. The van der Waals surface area contributed by atoms with E-state index in [-0.39, 0.29) is 5.75 Å². The van der Waals surface area contributed by atoms with Crippen molar-refractivity contribution >= 4 is 17.5 Å². The second-order valence-corrected chi connectivity index (χ2v) is 7.65. The Bertz CT molecular complexity index is 992. The molecule has 1 atom stereocenters. The molecule has 0 bridgehead atoms. The van der Waals surface area contributed by atoms with Crippen LogP contribution < -0.4 is 15.5 Å². The molecule has 3 N–H and O–H groups in total. The number of aromatic hydroxyl groups is 1. The van der Waals surface area contributed by atoms with Crippen LogP contribution in [0.25, 0.3) is 11.4 Å². The Morgan fingerprint density at radius 1 is 1.10 bits per heavy atom. The number of pyridine rings is 1. The summed E-state index contributed by atoms with van der Waals surface area (Å²) in [7, 11) is 0. The zero-order valence-corrected chi connectivity index (χ0v) is 17.2. The number of piperazine rings is 1. The summed E-state index contributed by atoms with van der Waals surface area (Å²) in [6, 6.07) is 1.95. The van der Waals surface area contributed by atoms with E-state index in [1.54, 1.807) is 30.9 Å². The third-order valence-corrected chi connectivity index (χ3v) is 5.01. The Morgan fingerprint density at radius 3 is 2.63 bits per heavy atom. The van der Waals surface area contributed by atoms with Gasteiger partial charge in [0.05, 0.1) is 36.2 Å². The second kappa shape index (κ2) is 8.54. The van der Waals surface area contributed by atoms with Gasteiger partial charge in [-0.2, -0.15) is 0 Å². The van der Waals surface area contributed by atoms with Crippen LogP contribution >= 0.6 is 0 Å². The molecule has 0 saturated carbocycles. The summed E-state index contributed by atoms with van der Waals surface area (Å²) < 4.78 is 0. The lowest BCUT2D eigenvalue weighted by atomic mass is 10.0. The van der Waals surface area contributed by atoms with Gasteiger partial charge in [-0.05, 0) is 12.8 Å². The predicted molar refractivity (Wildman–Crippen MR) is 114 cm³/mol. The van der Waals surface area contributed by atoms with Crippen molar-refractivity contribution in [2.75, 3.05) is 29.9 Å². The van der Waals surface area contributed by atoms with Crippen LogP contribution in [0.1, 0.15) is 19.5 Å². The fraction of sp³-hybridized carbons (Fsp3) is 0.400.